The Hall–Kier alpha value is -2.74. The Morgan fingerprint density at radius 1 is 1.13 bits per heavy atom. The molecule has 2 heterocycles. The average molecular weight is 432 g/mol. The first kappa shape index (κ1) is 20.5. The average Bonchev–Trinajstić information content (AvgIpc) is 3.12. The minimum atomic E-state index is -3.15. The van der Waals surface area contributed by atoms with E-state index in [9.17, 15) is 13.2 Å². The molecule has 160 valence electrons. The number of amides is 1. The number of hydrogen-bond acceptors (Lipinski definition) is 6. The van der Waals surface area contributed by atoms with Gasteiger partial charge in [-0.25, -0.2) is 8.42 Å². The van der Waals surface area contributed by atoms with E-state index in [0.29, 0.717) is 31.1 Å². The number of nitrogens with zero attached hydrogens (tertiary/aromatic N) is 1. The van der Waals surface area contributed by atoms with Crippen molar-refractivity contribution < 1.29 is 27.4 Å². The second-order valence-corrected chi connectivity index (χ2v) is 9.69. The first-order valence-corrected chi connectivity index (χ1v) is 11.9. The Balaban J connectivity index is 1.55. The van der Waals surface area contributed by atoms with Crippen LogP contribution in [0.25, 0.3) is 0 Å². The van der Waals surface area contributed by atoms with Crippen LogP contribution in [0.3, 0.4) is 0 Å². The molecule has 0 aromatic heterocycles. The van der Waals surface area contributed by atoms with Gasteiger partial charge in [-0.2, -0.15) is 0 Å². The normalized spacial score (nSPS) is 21.8. The van der Waals surface area contributed by atoms with Crippen LogP contribution >= 0.6 is 0 Å². The third-order valence-electron chi connectivity index (χ3n) is 5.30. The minimum absolute atomic E-state index is 0.0278. The van der Waals surface area contributed by atoms with E-state index in [-0.39, 0.29) is 30.1 Å². The summed E-state index contributed by atoms with van der Waals surface area (Å²) in [7, 11) is -3.15. The smallest absolute Gasteiger partial charge is 0.267 e. The molecule has 0 radical (unpaired) electrons. The van der Waals surface area contributed by atoms with Gasteiger partial charge in [-0.3, -0.25) is 4.79 Å². The molecule has 0 saturated carbocycles. The van der Waals surface area contributed by atoms with E-state index in [1.165, 1.54) is 0 Å². The monoisotopic (exact) mass is 431 g/mol. The Morgan fingerprint density at radius 3 is 2.53 bits per heavy atom. The van der Waals surface area contributed by atoms with Crippen LogP contribution in [-0.2, 0) is 21.2 Å². The molecular weight excluding hydrogens is 406 g/mol. The first-order valence-electron chi connectivity index (χ1n) is 10.1. The van der Waals surface area contributed by atoms with Gasteiger partial charge in [0.1, 0.15) is 12.4 Å². The molecule has 0 N–H and O–H groups in total. The van der Waals surface area contributed by atoms with Crippen molar-refractivity contribution in [1.29, 1.82) is 0 Å². The molecule has 1 fully saturated rings. The van der Waals surface area contributed by atoms with Gasteiger partial charge < -0.3 is 19.1 Å². The predicted octanol–water partition coefficient (Wildman–Crippen LogP) is 2.44. The summed E-state index contributed by atoms with van der Waals surface area (Å²) in [4.78, 5) is 15.0. The van der Waals surface area contributed by atoms with Gasteiger partial charge in [-0.15, -0.1) is 0 Å². The van der Waals surface area contributed by atoms with Gasteiger partial charge in [-0.1, -0.05) is 24.3 Å². The number of fused-ring (bicyclic) bond motifs is 1. The number of benzene rings is 2. The molecule has 2 aliphatic heterocycles. The Bertz CT molecular complexity index is 1000. The highest BCUT2D eigenvalue weighted by Crippen LogP contribution is 2.32. The van der Waals surface area contributed by atoms with Gasteiger partial charge in [0, 0.05) is 12.6 Å². The highest BCUT2D eigenvalue weighted by molar-refractivity contribution is 7.91. The van der Waals surface area contributed by atoms with Crippen molar-refractivity contribution in [3.05, 3.63) is 54.1 Å². The van der Waals surface area contributed by atoms with Crippen LogP contribution in [0.4, 0.5) is 0 Å². The van der Waals surface area contributed by atoms with Crippen LogP contribution in [0, 0.1) is 0 Å². The zero-order valence-corrected chi connectivity index (χ0v) is 17.6. The lowest BCUT2D eigenvalue weighted by atomic mass is 10.1. The van der Waals surface area contributed by atoms with Gasteiger partial charge in [0.25, 0.3) is 5.91 Å². The fourth-order valence-electron chi connectivity index (χ4n) is 3.79. The third kappa shape index (κ3) is 4.53. The summed E-state index contributed by atoms with van der Waals surface area (Å²) in [6, 6.07) is 14.3. The summed E-state index contributed by atoms with van der Waals surface area (Å²) in [5.74, 6) is 1.67. The number of sulfone groups is 1. The molecule has 8 heteroatoms. The standard InChI is InChI=1S/C22H25NO6S/c1-2-27-18-9-7-16(8-10-18)13-23(17-11-12-30(25,26)15-17)22(24)21-14-28-19-5-3-4-6-20(19)29-21/h3-10,17,21H,2,11-15H2,1H3/t17-,21+/m1/s1. The second kappa shape index (κ2) is 8.55. The lowest BCUT2D eigenvalue weighted by molar-refractivity contribution is -0.143. The minimum Gasteiger partial charge on any atom is -0.494 e. The first-order chi connectivity index (χ1) is 14.4. The van der Waals surface area contributed by atoms with Crippen molar-refractivity contribution in [3.63, 3.8) is 0 Å². The summed E-state index contributed by atoms with van der Waals surface area (Å²) in [5, 5.41) is 0. The lowest BCUT2D eigenvalue weighted by Gasteiger charge is -2.34. The van der Waals surface area contributed by atoms with Gasteiger partial charge in [0.15, 0.2) is 21.3 Å². The molecule has 0 aliphatic carbocycles. The van der Waals surface area contributed by atoms with Crippen molar-refractivity contribution in [2.24, 2.45) is 0 Å². The van der Waals surface area contributed by atoms with Crippen molar-refractivity contribution in [1.82, 2.24) is 4.90 Å². The van der Waals surface area contributed by atoms with Crippen LogP contribution in [-0.4, -0.2) is 56.1 Å². The van der Waals surface area contributed by atoms with Crippen LogP contribution in [0.5, 0.6) is 17.2 Å². The quantitative estimate of drug-likeness (QED) is 0.699. The molecule has 0 unspecified atom stereocenters. The molecule has 1 amide bonds. The maximum absolute atomic E-state index is 13.4. The topological polar surface area (TPSA) is 82.1 Å². The largest absolute Gasteiger partial charge is 0.494 e. The van der Waals surface area contributed by atoms with Gasteiger partial charge >= 0.3 is 0 Å². The van der Waals surface area contributed by atoms with Gasteiger partial charge in [0.2, 0.25) is 6.10 Å². The van der Waals surface area contributed by atoms with Crippen molar-refractivity contribution in [3.8, 4) is 17.2 Å². The van der Waals surface area contributed by atoms with Crippen LogP contribution in [0.1, 0.15) is 18.9 Å². The number of ether oxygens (including phenoxy) is 3. The van der Waals surface area contributed by atoms with E-state index in [1.54, 1.807) is 17.0 Å². The Labute approximate surface area is 176 Å². The van der Waals surface area contributed by atoms with Crippen LogP contribution in [0.15, 0.2) is 48.5 Å². The van der Waals surface area contributed by atoms with E-state index < -0.39 is 15.9 Å². The highest BCUT2D eigenvalue weighted by atomic mass is 32.2. The maximum Gasteiger partial charge on any atom is 0.267 e. The number of rotatable bonds is 6. The van der Waals surface area contributed by atoms with Crippen molar-refractivity contribution in [2.45, 2.75) is 32.0 Å². The van der Waals surface area contributed by atoms with Gasteiger partial charge in [-0.05, 0) is 43.2 Å². The van der Waals surface area contributed by atoms with E-state index in [1.807, 2.05) is 43.3 Å². The number of carbonyl (C=O) groups is 1. The number of hydrogen-bond donors (Lipinski definition) is 0. The zero-order valence-electron chi connectivity index (χ0n) is 16.8. The Kier molecular flexibility index (Phi) is 5.85. The molecule has 2 aromatic rings. The lowest BCUT2D eigenvalue weighted by Crippen LogP contribution is -2.50. The molecule has 0 spiro atoms. The second-order valence-electron chi connectivity index (χ2n) is 7.46. The van der Waals surface area contributed by atoms with E-state index >= 15 is 0 Å². The van der Waals surface area contributed by atoms with Crippen LogP contribution < -0.4 is 14.2 Å². The van der Waals surface area contributed by atoms with Gasteiger partial charge in [0.05, 0.1) is 18.1 Å². The summed E-state index contributed by atoms with van der Waals surface area (Å²) in [5.41, 5.74) is 0.897. The fraction of sp³-hybridized carbons (Fsp3) is 0.409. The summed E-state index contributed by atoms with van der Waals surface area (Å²) in [6.45, 7) is 2.88. The molecule has 4 rings (SSSR count). The van der Waals surface area contributed by atoms with Crippen LogP contribution in [0.2, 0.25) is 0 Å². The van der Waals surface area contributed by atoms with E-state index in [0.717, 1.165) is 11.3 Å². The highest BCUT2D eigenvalue weighted by Gasteiger charge is 2.39. The van der Waals surface area contributed by atoms with E-state index in [2.05, 4.69) is 0 Å². The molecule has 2 aromatic carbocycles. The number of para-hydroxylation sites is 2. The molecule has 7 nitrogen and oxygen atoms in total. The van der Waals surface area contributed by atoms with E-state index in [4.69, 9.17) is 14.2 Å². The zero-order chi connectivity index (χ0) is 21.1. The third-order valence-corrected chi connectivity index (χ3v) is 7.05. The molecule has 1 saturated heterocycles. The van der Waals surface area contributed by atoms with Crippen molar-refractivity contribution in [2.75, 3.05) is 24.7 Å². The number of carbonyl (C=O) groups excluding carboxylic acids is 1. The maximum atomic E-state index is 13.4. The fourth-order valence-corrected chi connectivity index (χ4v) is 5.52. The van der Waals surface area contributed by atoms with Crippen molar-refractivity contribution >= 4 is 15.7 Å². The molecular formula is C22H25NO6S. The SMILES string of the molecule is CCOc1ccc(CN(C(=O)[C@@H]2COc3ccccc3O2)[C@@H]2CCS(=O)(=O)C2)cc1. The Morgan fingerprint density at radius 2 is 1.87 bits per heavy atom. The summed E-state index contributed by atoms with van der Waals surface area (Å²) in [6.07, 6.45) is -0.388. The molecule has 2 atom stereocenters. The molecule has 0 bridgehead atoms. The molecule has 2 aliphatic rings. The predicted molar refractivity (Wildman–Crippen MR) is 112 cm³/mol. The summed E-state index contributed by atoms with van der Waals surface area (Å²) < 4.78 is 41.2. The molecule has 30 heavy (non-hydrogen) atoms. The summed E-state index contributed by atoms with van der Waals surface area (Å²) >= 11 is 0.